The first-order valence-electron chi connectivity index (χ1n) is 6.71. The van der Waals surface area contributed by atoms with Gasteiger partial charge in [-0.15, -0.1) is 0 Å². The Bertz CT molecular complexity index is 428. The number of carbonyl (C=O) groups is 1. The molecule has 2 atom stereocenters. The van der Waals surface area contributed by atoms with Gasteiger partial charge >= 0.3 is 5.97 Å². The van der Waals surface area contributed by atoms with E-state index in [1.54, 1.807) is 0 Å². The molecule has 1 aliphatic rings. The predicted octanol–water partition coefficient (Wildman–Crippen LogP) is 1.95. The minimum atomic E-state index is -0.836. The monoisotopic (exact) mass is 263 g/mol. The Morgan fingerprint density at radius 1 is 1.37 bits per heavy atom. The summed E-state index contributed by atoms with van der Waals surface area (Å²) >= 11 is 0. The van der Waals surface area contributed by atoms with Gasteiger partial charge in [0.15, 0.2) is 0 Å². The Hall–Kier alpha value is -1.39. The molecule has 0 aromatic heterocycles. The maximum atomic E-state index is 11.5. The molecule has 104 valence electrons. The number of aliphatic hydroxyl groups is 1. The summed E-state index contributed by atoms with van der Waals surface area (Å²) in [6, 6.07) is 8.53. The minimum absolute atomic E-state index is 0.107. The van der Waals surface area contributed by atoms with E-state index in [4.69, 9.17) is 0 Å². The largest absolute Gasteiger partial charge is 0.480 e. The van der Waals surface area contributed by atoms with E-state index in [-0.39, 0.29) is 18.1 Å². The normalized spacial score (nSPS) is 20.3. The van der Waals surface area contributed by atoms with Crippen LogP contribution in [0, 0.1) is 5.41 Å². The van der Waals surface area contributed by atoms with E-state index < -0.39 is 12.0 Å². The fraction of sp³-hybridized carbons (Fsp3) is 0.533. The Morgan fingerprint density at radius 3 is 2.42 bits per heavy atom. The van der Waals surface area contributed by atoms with Crippen molar-refractivity contribution >= 4 is 5.97 Å². The van der Waals surface area contributed by atoms with Crippen LogP contribution in [0.4, 0.5) is 0 Å². The number of benzene rings is 1. The molecular weight excluding hydrogens is 242 g/mol. The third-order valence-electron chi connectivity index (χ3n) is 4.19. The number of aliphatic hydroxyl groups excluding tert-OH is 1. The van der Waals surface area contributed by atoms with Crippen molar-refractivity contribution in [1.82, 2.24) is 5.32 Å². The van der Waals surface area contributed by atoms with Crippen LogP contribution >= 0.6 is 0 Å². The molecular formula is C15H21NO3. The third-order valence-corrected chi connectivity index (χ3v) is 4.19. The summed E-state index contributed by atoms with van der Waals surface area (Å²) in [5.41, 5.74) is 0.716. The highest BCUT2D eigenvalue weighted by molar-refractivity contribution is 5.75. The van der Waals surface area contributed by atoms with Gasteiger partial charge in [0.25, 0.3) is 0 Å². The first-order valence-corrected chi connectivity index (χ1v) is 6.71. The summed E-state index contributed by atoms with van der Waals surface area (Å²) in [4.78, 5) is 11.5. The van der Waals surface area contributed by atoms with Gasteiger partial charge in [0.05, 0.1) is 12.6 Å². The lowest BCUT2D eigenvalue weighted by molar-refractivity contribution is -0.145. The van der Waals surface area contributed by atoms with E-state index in [1.807, 2.05) is 37.3 Å². The van der Waals surface area contributed by atoms with Gasteiger partial charge in [-0.1, -0.05) is 43.7 Å². The highest BCUT2D eigenvalue weighted by atomic mass is 16.4. The van der Waals surface area contributed by atoms with Gasteiger partial charge in [-0.3, -0.25) is 10.1 Å². The van der Waals surface area contributed by atoms with Crippen LogP contribution in [0.15, 0.2) is 30.3 Å². The van der Waals surface area contributed by atoms with Crippen LogP contribution in [0.5, 0.6) is 0 Å². The maximum Gasteiger partial charge on any atom is 0.321 e. The first kappa shape index (κ1) is 14.0. The lowest BCUT2D eigenvalue weighted by Gasteiger charge is -2.44. The standard InChI is InChI=1S/C15H21NO3/c1-15(8-5-9-15)13(14(18)19)16-12(10-17)11-6-3-2-4-7-11/h2-4,6-7,12-13,16-17H,5,8-10H2,1H3,(H,18,19). The molecule has 19 heavy (non-hydrogen) atoms. The minimum Gasteiger partial charge on any atom is -0.480 e. The van der Waals surface area contributed by atoms with Gasteiger partial charge in [-0.25, -0.2) is 0 Å². The fourth-order valence-corrected chi connectivity index (χ4v) is 2.73. The Kier molecular flexibility index (Phi) is 4.22. The van der Waals surface area contributed by atoms with Crippen molar-refractivity contribution in [3.63, 3.8) is 0 Å². The number of aliphatic carboxylic acids is 1. The molecule has 1 fully saturated rings. The second-order valence-corrected chi connectivity index (χ2v) is 5.59. The molecule has 1 aromatic carbocycles. The smallest absolute Gasteiger partial charge is 0.321 e. The van der Waals surface area contributed by atoms with Crippen molar-refractivity contribution in [2.75, 3.05) is 6.61 Å². The highest BCUT2D eigenvalue weighted by Crippen LogP contribution is 2.44. The number of hydrogen-bond acceptors (Lipinski definition) is 3. The molecule has 3 N–H and O–H groups in total. The van der Waals surface area contributed by atoms with Gasteiger partial charge in [-0.05, 0) is 23.8 Å². The summed E-state index contributed by atoms with van der Waals surface area (Å²) in [5.74, 6) is -0.836. The average Bonchev–Trinajstić information content (AvgIpc) is 2.38. The van der Waals surface area contributed by atoms with Crippen LogP contribution in [-0.2, 0) is 4.79 Å². The van der Waals surface area contributed by atoms with Gasteiger partial charge in [0.2, 0.25) is 0 Å². The number of rotatable bonds is 6. The topological polar surface area (TPSA) is 69.6 Å². The third kappa shape index (κ3) is 2.96. The van der Waals surface area contributed by atoms with Crippen molar-refractivity contribution in [2.45, 2.75) is 38.3 Å². The van der Waals surface area contributed by atoms with Crippen molar-refractivity contribution < 1.29 is 15.0 Å². The summed E-state index contributed by atoms with van der Waals surface area (Å²) in [7, 11) is 0. The van der Waals surface area contributed by atoms with E-state index in [0.29, 0.717) is 0 Å². The first-order chi connectivity index (χ1) is 9.07. The van der Waals surface area contributed by atoms with Crippen molar-refractivity contribution in [3.05, 3.63) is 35.9 Å². The molecule has 4 nitrogen and oxygen atoms in total. The van der Waals surface area contributed by atoms with Crippen LogP contribution in [0.25, 0.3) is 0 Å². The van der Waals surface area contributed by atoms with E-state index >= 15 is 0 Å². The molecule has 0 spiro atoms. The van der Waals surface area contributed by atoms with Crippen molar-refractivity contribution in [2.24, 2.45) is 5.41 Å². The predicted molar refractivity (Wildman–Crippen MR) is 72.8 cm³/mol. The summed E-state index contributed by atoms with van der Waals surface area (Å²) in [6.45, 7) is 1.89. The Balaban J connectivity index is 2.13. The molecule has 1 saturated carbocycles. The summed E-state index contributed by atoms with van der Waals surface area (Å²) in [6.07, 6.45) is 2.92. The molecule has 0 aliphatic heterocycles. The molecule has 0 bridgehead atoms. The van der Waals surface area contributed by atoms with Gasteiger partial charge < -0.3 is 10.2 Å². The van der Waals surface area contributed by atoms with E-state index in [2.05, 4.69) is 5.32 Å². The number of nitrogens with one attached hydrogen (secondary N) is 1. The van der Waals surface area contributed by atoms with Crippen molar-refractivity contribution in [1.29, 1.82) is 0 Å². The lowest BCUT2D eigenvalue weighted by Crippen LogP contribution is -2.53. The molecule has 1 aliphatic carbocycles. The molecule has 0 saturated heterocycles. The molecule has 2 rings (SSSR count). The average molecular weight is 263 g/mol. The second-order valence-electron chi connectivity index (χ2n) is 5.59. The zero-order chi connectivity index (χ0) is 13.9. The van der Waals surface area contributed by atoms with Gasteiger partial charge in [0.1, 0.15) is 6.04 Å². The maximum absolute atomic E-state index is 11.5. The second kappa shape index (κ2) is 5.72. The number of hydrogen-bond donors (Lipinski definition) is 3. The summed E-state index contributed by atoms with van der Waals surface area (Å²) in [5, 5.41) is 22.0. The van der Waals surface area contributed by atoms with Crippen LogP contribution in [0.3, 0.4) is 0 Å². The molecule has 1 aromatic rings. The van der Waals surface area contributed by atoms with E-state index in [0.717, 1.165) is 24.8 Å². The molecule has 2 unspecified atom stereocenters. The zero-order valence-electron chi connectivity index (χ0n) is 11.2. The van der Waals surface area contributed by atoms with Crippen molar-refractivity contribution in [3.8, 4) is 0 Å². The Morgan fingerprint density at radius 2 is 2.00 bits per heavy atom. The van der Waals surface area contributed by atoms with Gasteiger partial charge in [-0.2, -0.15) is 0 Å². The molecule has 0 radical (unpaired) electrons. The quantitative estimate of drug-likeness (QED) is 0.733. The summed E-state index contributed by atoms with van der Waals surface area (Å²) < 4.78 is 0. The van der Waals surface area contributed by atoms with E-state index in [9.17, 15) is 15.0 Å². The number of carboxylic acid groups (broad SMARTS) is 1. The van der Waals surface area contributed by atoms with Crippen LogP contribution < -0.4 is 5.32 Å². The number of carboxylic acids is 1. The SMILES string of the molecule is CC1(C(NC(CO)c2ccccc2)C(=O)O)CCC1. The molecule has 0 amide bonds. The molecule has 0 heterocycles. The zero-order valence-corrected chi connectivity index (χ0v) is 11.2. The lowest BCUT2D eigenvalue weighted by atomic mass is 9.65. The fourth-order valence-electron chi connectivity index (χ4n) is 2.73. The Labute approximate surface area is 113 Å². The molecule has 4 heteroatoms. The van der Waals surface area contributed by atoms with Crippen LogP contribution in [0.2, 0.25) is 0 Å². The highest BCUT2D eigenvalue weighted by Gasteiger charge is 2.44. The van der Waals surface area contributed by atoms with Crippen LogP contribution in [-0.4, -0.2) is 28.8 Å². The van der Waals surface area contributed by atoms with Crippen LogP contribution in [0.1, 0.15) is 37.8 Å². The van der Waals surface area contributed by atoms with E-state index in [1.165, 1.54) is 0 Å². The van der Waals surface area contributed by atoms with Gasteiger partial charge in [0, 0.05) is 0 Å².